The number of carbonyl (C=O) groups is 1. The molecule has 1 amide bonds. The first-order chi connectivity index (χ1) is 15.9. The molecule has 8 nitrogen and oxygen atoms in total. The SMILES string of the molecule is COc1ccc(C2CC(=O)Nc3nc(SCc4cccc(F)c4)[nH]c(=O)c32)c(OC)c1OC. The maximum atomic E-state index is 13.4. The van der Waals surface area contributed by atoms with Gasteiger partial charge in [-0.25, -0.2) is 9.37 Å². The van der Waals surface area contributed by atoms with Crippen molar-refractivity contribution in [2.45, 2.75) is 23.2 Å². The number of ether oxygens (including phenoxy) is 3. The number of fused-ring (bicyclic) bond motifs is 1. The standard InChI is InChI=1S/C23H22FN3O5S/c1-30-16-8-7-14(19(31-2)20(16)32-3)15-10-17(28)25-21-18(15)22(29)27-23(26-21)33-11-12-5-4-6-13(24)9-12/h4-9,15H,10-11H2,1-3H3,(H2,25,26,27,28,29). The third kappa shape index (κ3) is 4.51. The molecular formula is C23H22FN3O5S. The highest BCUT2D eigenvalue weighted by Crippen LogP contribution is 2.46. The normalized spacial score (nSPS) is 14.9. The van der Waals surface area contributed by atoms with Crippen LogP contribution in [0.5, 0.6) is 17.2 Å². The van der Waals surface area contributed by atoms with Crippen LogP contribution < -0.4 is 25.1 Å². The lowest BCUT2D eigenvalue weighted by molar-refractivity contribution is -0.116. The molecule has 1 unspecified atom stereocenters. The second kappa shape index (κ2) is 9.53. The van der Waals surface area contributed by atoms with E-state index in [1.165, 1.54) is 45.2 Å². The summed E-state index contributed by atoms with van der Waals surface area (Å²) in [7, 11) is 4.49. The first kappa shape index (κ1) is 22.7. The topological polar surface area (TPSA) is 103 Å². The van der Waals surface area contributed by atoms with Crippen LogP contribution in [0.3, 0.4) is 0 Å². The number of anilines is 1. The minimum Gasteiger partial charge on any atom is -0.493 e. The first-order valence-electron chi connectivity index (χ1n) is 10.0. The number of rotatable bonds is 7. The Kier molecular flexibility index (Phi) is 6.55. The molecule has 10 heteroatoms. The van der Waals surface area contributed by atoms with Crippen molar-refractivity contribution in [2.75, 3.05) is 26.6 Å². The van der Waals surface area contributed by atoms with Gasteiger partial charge in [0.15, 0.2) is 16.7 Å². The van der Waals surface area contributed by atoms with Gasteiger partial charge in [0.1, 0.15) is 11.6 Å². The van der Waals surface area contributed by atoms with Crippen molar-refractivity contribution in [1.29, 1.82) is 0 Å². The van der Waals surface area contributed by atoms with Gasteiger partial charge in [0.25, 0.3) is 5.56 Å². The Morgan fingerprint density at radius 1 is 1.09 bits per heavy atom. The summed E-state index contributed by atoms with van der Waals surface area (Å²) in [6.07, 6.45) is 0.0411. The van der Waals surface area contributed by atoms with E-state index in [0.717, 1.165) is 5.56 Å². The average Bonchev–Trinajstić information content (AvgIpc) is 2.80. The van der Waals surface area contributed by atoms with Crippen molar-refractivity contribution < 1.29 is 23.4 Å². The number of H-pyrrole nitrogens is 1. The van der Waals surface area contributed by atoms with Crippen molar-refractivity contribution in [2.24, 2.45) is 0 Å². The summed E-state index contributed by atoms with van der Waals surface area (Å²) in [5.74, 6) is 0.612. The fourth-order valence-electron chi connectivity index (χ4n) is 3.86. The van der Waals surface area contributed by atoms with Crippen LogP contribution in [0.4, 0.5) is 10.2 Å². The van der Waals surface area contributed by atoms with Gasteiger partial charge in [0.05, 0.1) is 26.9 Å². The number of aromatic amines is 1. The van der Waals surface area contributed by atoms with Crippen molar-refractivity contribution in [3.8, 4) is 17.2 Å². The minimum atomic E-state index is -0.595. The second-order valence-electron chi connectivity index (χ2n) is 7.28. The highest BCUT2D eigenvalue weighted by atomic mass is 32.2. The summed E-state index contributed by atoms with van der Waals surface area (Å²) in [5, 5.41) is 3.02. The summed E-state index contributed by atoms with van der Waals surface area (Å²) < 4.78 is 29.8. The number of halogens is 1. The number of aromatic nitrogens is 2. The Bertz CT molecular complexity index is 1260. The maximum Gasteiger partial charge on any atom is 0.257 e. The van der Waals surface area contributed by atoms with E-state index in [9.17, 15) is 14.0 Å². The number of hydrogen-bond donors (Lipinski definition) is 2. The van der Waals surface area contributed by atoms with Crippen molar-refractivity contribution in [3.63, 3.8) is 0 Å². The van der Waals surface area contributed by atoms with Crippen LogP contribution in [0.15, 0.2) is 46.3 Å². The van der Waals surface area contributed by atoms with Crippen molar-refractivity contribution >= 4 is 23.5 Å². The fourth-order valence-corrected chi connectivity index (χ4v) is 4.67. The Balaban J connectivity index is 1.73. The minimum absolute atomic E-state index is 0.0411. The fraction of sp³-hybridized carbons (Fsp3) is 0.261. The molecule has 0 fully saturated rings. The Morgan fingerprint density at radius 3 is 2.58 bits per heavy atom. The van der Waals surface area contributed by atoms with Gasteiger partial charge in [-0.3, -0.25) is 9.59 Å². The van der Waals surface area contributed by atoms with Gasteiger partial charge < -0.3 is 24.5 Å². The number of thioether (sulfide) groups is 1. The van der Waals surface area contributed by atoms with Crippen LogP contribution in [0, 0.1) is 5.82 Å². The molecule has 0 bridgehead atoms. The molecule has 3 aromatic rings. The van der Waals surface area contributed by atoms with Crippen molar-refractivity contribution in [3.05, 3.63) is 69.3 Å². The van der Waals surface area contributed by atoms with Gasteiger partial charge in [0.2, 0.25) is 11.7 Å². The third-order valence-electron chi connectivity index (χ3n) is 5.30. The molecule has 33 heavy (non-hydrogen) atoms. The molecule has 0 saturated heterocycles. The van der Waals surface area contributed by atoms with Gasteiger partial charge in [-0.1, -0.05) is 30.0 Å². The van der Waals surface area contributed by atoms with Crippen LogP contribution in [-0.2, 0) is 10.5 Å². The summed E-state index contributed by atoms with van der Waals surface area (Å²) >= 11 is 1.24. The molecule has 1 aliphatic rings. The molecule has 2 aromatic carbocycles. The maximum absolute atomic E-state index is 13.4. The molecule has 1 aliphatic heterocycles. The summed E-state index contributed by atoms with van der Waals surface area (Å²) in [4.78, 5) is 32.9. The smallest absolute Gasteiger partial charge is 0.257 e. The van der Waals surface area contributed by atoms with E-state index in [4.69, 9.17) is 14.2 Å². The van der Waals surface area contributed by atoms with Gasteiger partial charge in [-0.15, -0.1) is 0 Å². The van der Waals surface area contributed by atoms with E-state index in [1.54, 1.807) is 24.3 Å². The zero-order valence-corrected chi connectivity index (χ0v) is 19.0. The first-order valence-corrected chi connectivity index (χ1v) is 11.0. The number of hydrogen-bond acceptors (Lipinski definition) is 7. The molecule has 1 aromatic heterocycles. The molecule has 1 atom stereocenters. The highest BCUT2D eigenvalue weighted by Gasteiger charge is 2.34. The zero-order valence-electron chi connectivity index (χ0n) is 18.2. The van der Waals surface area contributed by atoms with E-state index in [-0.39, 0.29) is 29.5 Å². The van der Waals surface area contributed by atoms with Crippen LogP contribution in [0.1, 0.15) is 29.0 Å². The number of carbonyl (C=O) groups excluding carboxylic acids is 1. The molecular weight excluding hydrogens is 449 g/mol. The monoisotopic (exact) mass is 471 g/mol. The molecule has 4 rings (SSSR count). The van der Waals surface area contributed by atoms with E-state index in [2.05, 4.69) is 15.3 Å². The van der Waals surface area contributed by atoms with Crippen LogP contribution in [-0.4, -0.2) is 37.2 Å². The average molecular weight is 472 g/mol. The molecule has 0 radical (unpaired) electrons. The number of nitrogens with zero attached hydrogens (tertiary/aromatic N) is 1. The van der Waals surface area contributed by atoms with Crippen LogP contribution in [0.2, 0.25) is 0 Å². The Labute approximate surface area is 193 Å². The van der Waals surface area contributed by atoms with Gasteiger partial charge in [-0.2, -0.15) is 0 Å². The summed E-state index contributed by atoms with van der Waals surface area (Å²) in [6, 6.07) is 9.65. The Hall–Kier alpha value is -3.53. The molecule has 0 saturated carbocycles. The van der Waals surface area contributed by atoms with Gasteiger partial charge >= 0.3 is 0 Å². The molecule has 2 N–H and O–H groups in total. The third-order valence-corrected chi connectivity index (χ3v) is 6.25. The van der Waals surface area contributed by atoms with Gasteiger partial charge in [0, 0.05) is 23.7 Å². The van der Waals surface area contributed by atoms with Crippen molar-refractivity contribution in [1.82, 2.24) is 9.97 Å². The Morgan fingerprint density at radius 2 is 1.88 bits per heavy atom. The molecule has 0 spiro atoms. The zero-order chi connectivity index (χ0) is 23.5. The largest absolute Gasteiger partial charge is 0.493 e. The lowest BCUT2D eigenvalue weighted by Gasteiger charge is -2.26. The van der Waals surface area contributed by atoms with E-state index >= 15 is 0 Å². The van der Waals surface area contributed by atoms with E-state index < -0.39 is 5.92 Å². The van der Waals surface area contributed by atoms with E-state index in [0.29, 0.717) is 39.3 Å². The molecule has 172 valence electrons. The molecule has 0 aliphatic carbocycles. The number of nitrogens with one attached hydrogen (secondary N) is 2. The predicted molar refractivity (Wildman–Crippen MR) is 122 cm³/mol. The lowest BCUT2D eigenvalue weighted by Crippen LogP contribution is -2.31. The summed E-state index contributed by atoms with van der Waals surface area (Å²) in [6.45, 7) is 0. The number of benzene rings is 2. The highest BCUT2D eigenvalue weighted by molar-refractivity contribution is 7.98. The van der Waals surface area contributed by atoms with Crippen LogP contribution in [0.25, 0.3) is 0 Å². The predicted octanol–water partition coefficient (Wildman–Crippen LogP) is 3.70. The van der Waals surface area contributed by atoms with Gasteiger partial charge in [-0.05, 0) is 23.8 Å². The van der Waals surface area contributed by atoms with Crippen LogP contribution >= 0.6 is 11.8 Å². The quantitative estimate of drug-likeness (QED) is 0.400. The lowest BCUT2D eigenvalue weighted by atomic mass is 9.86. The number of methoxy groups -OCH3 is 3. The number of amides is 1. The second-order valence-corrected chi connectivity index (χ2v) is 8.24. The van der Waals surface area contributed by atoms with E-state index in [1.807, 2.05) is 0 Å². The summed E-state index contributed by atoms with van der Waals surface area (Å²) in [5.41, 5.74) is 1.31. The molecule has 2 heterocycles.